The van der Waals surface area contributed by atoms with E-state index in [0.29, 0.717) is 25.3 Å². The third-order valence-electron chi connectivity index (χ3n) is 6.80. The Bertz CT molecular complexity index is 1150. The lowest BCUT2D eigenvalue weighted by atomic mass is 9.94. The first-order valence-electron chi connectivity index (χ1n) is 12.4. The third kappa shape index (κ3) is 4.52. The molecule has 0 radical (unpaired) electrons. The van der Waals surface area contributed by atoms with Gasteiger partial charge in [-0.1, -0.05) is 19.1 Å². The van der Waals surface area contributed by atoms with E-state index < -0.39 is 17.7 Å². The number of hydrogen-bond donors (Lipinski definition) is 1. The number of fused-ring (bicyclic) bond motifs is 1. The molecule has 7 nitrogen and oxygen atoms in total. The van der Waals surface area contributed by atoms with Gasteiger partial charge in [-0.05, 0) is 67.6 Å². The molecular weight excluding hydrogens is 446 g/mol. The number of aliphatic hydroxyl groups is 1. The molecule has 3 atom stereocenters. The molecule has 0 bridgehead atoms. The summed E-state index contributed by atoms with van der Waals surface area (Å²) >= 11 is 0. The predicted molar refractivity (Wildman–Crippen MR) is 130 cm³/mol. The zero-order valence-electron chi connectivity index (χ0n) is 20.2. The summed E-state index contributed by atoms with van der Waals surface area (Å²) in [6.07, 6.45) is 3.33. The van der Waals surface area contributed by atoms with Gasteiger partial charge in [-0.15, -0.1) is 0 Å². The van der Waals surface area contributed by atoms with Crippen LogP contribution in [-0.2, 0) is 20.7 Å². The van der Waals surface area contributed by atoms with Gasteiger partial charge in [-0.25, -0.2) is 0 Å². The van der Waals surface area contributed by atoms with Gasteiger partial charge in [0, 0.05) is 25.1 Å². The first kappa shape index (κ1) is 23.4. The molecular formula is C28H31NO6. The van der Waals surface area contributed by atoms with Crippen LogP contribution in [0.5, 0.6) is 11.5 Å². The summed E-state index contributed by atoms with van der Waals surface area (Å²) in [5.41, 5.74) is 2.32. The van der Waals surface area contributed by atoms with Gasteiger partial charge < -0.3 is 24.2 Å². The maximum Gasteiger partial charge on any atom is 0.295 e. The van der Waals surface area contributed by atoms with Crippen LogP contribution in [0.3, 0.4) is 0 Å². The third-order valence-corrected chi connectivity index (χ3v) is 6.80. The molecule has 3 aliphatic rings. The molecule has 3 aliphatic heterocycles. The minimum Gasteiger partial charge on any atom is -0.507 e. The van der Waals surface area contributed by atoms with Gasteiger partial charge in [0.2, 0.25) is 0 Å². The summed E-state index contributed by atoms with van der Waals surface area (Å²) in [4.78, 5) is 28.0. The van der Waals surface area contributed by atoms with E-state index in [0.717, 1.165) is 48.3 Å². The lowest BCUT2D eigenvalue weighted by Crippen LogP contribution is -2.36. The second kappa shape index (κ2) is 9.74. The number of likely N-dealkylation sites (tertiary alicyclic amines) is 1. The van der Waals surface area contributed by atoms with Crippen molar-refractivity contribution in [2.75, 3.05) is 19.8 Å². The standard InChI is InChI=1S/C28H31NO6/c1-3-12-33-21-9-6-18(7-10-21)25-24(27(31)28(32)29(25)16-22-5-4-13-34-22)26(30)19-8-11-23-20(15-19)14-17(2)35-23/h6-11,15,17,22,25,30H,3-5,12-14,16H2,1-2H3/t17-,22-,25-/m0/s1. The average molecular weight is 478 g/mol. The maximum atomic E-state index is 13.3. The van der Waals surface area contributed by atoms with Crippen molar-refractivity contribution in [1.29, 1.82) is 0 Å². The van der Waals surface area contributed by atoms with E-state index >= 15 is 0 Å². The zero-order valence-corrected chi connectivity index (χ0v) is 20.2. The van der Waals surface area contributed by atoms with Crippen molar-refractivity contribution in [3.8, 4) is 11.5 Å². The minimum absolute atomic E-state index is 0.0628. The van der Waals surface area contributed by atoms with E-state index in [9.17, 15) is 14.7 Å². The first-order valence-corrected chi connectivity index (χ1v) is 12.4. The lowest BCUT2D eigenvalue weighted by Gasteiger charge is -2.27. The van der Waals surface area contributed by atoms with E-state index in [2.05, 4.69) is 0 Å². The topological polar surface area (TPSA) is 85.3 Å². The Hall–Kier alpha value is -3.32. The number of carbonyl (C=O) groups is 2. The summed E-state index contributed by atoms with van der Waals surface area (Å²) in [6.45, 7) is 5.59. The summed E-state index contributed by atoms with van der Waals surface area (Å²) < 4.78 is 17.2. The Morgan fingerprint density at radius 1 is 1.17 bits per heavy atom. The van der Waals surface area contributed by atoms with Crippen LogP contribution in [0.4, 0.5) is 0 Å². The van der Waals surface area contributed by atoms with Crippen LogP contribution in [0, 0.1) is 0 Å². The van der Waals surface area contributed by atoms with Gasteiger partial charge >= 0.3 is 0 Å². The monoisotopic (exact) mass is 477 g/mol. The van der Waals surface area contributed by atoms with Crippen LogP contribution < -0.4 is 9.47 Å². The molecule has 7 heteroatoms. The van der Waals surface area contributed by atoms with Crippen LogP contribution in [0.2, 0.25) is 0 Å². The van der Waals surface area contributed by atoms with E-state index in [1.54, 1.807) is 11.0 Å². The van der Waals surface area contributed by atoms with Crippen LogP contribution in [0.15, 0.2) is 48.0 Å². The number of hydrogen-bond acceptors (Lipinski definition) is 6. The fourth-order valence-electron chi connectivity index (χ4n) is 5.11. The molecule has 35 heavy (non-hydrogen) atoms. The van der Waals surface area contributed by atoms with E-state index in [-0.39, 0.29) is 23.5 Å². The summed E-state index contributed by atoms with van der Waals surface area (Å²) in [7, 11) is 0. The van der Waals surface area contributed by atoms with Crippen molar-refractivity contribution in [3.63, 3.8) is 0 Å². The Labute approximate surface area is 205 Å². The van der Waals surface area contributed by atoms with Crippen molar-refractivity contribution in [1.82, 2.24) is 4.90 Å². The second-order valence-corrected chi connectivity index (χ2v) is 9.46. The molecule has 1 N–H and O–H groups in total. The van der Waals surface area contributed by atoms with Crippen molar-refractivity contribution < 1.29 is 28.9 Å². The molecule has 0 saturated carbocycles. The number of Topliss-reactive ketones (excluding diaryl/α,β-unsaturated/α-hetero) is 1. The van der Waals surface area contributed by atoms with Gasteiger partial charge in [0.05, 0.1) is 24.3 Å². The number of ketones is 1. The number of amides is 1. The molecule has 0 spiro atoms. The first-order chi connectivity index (χ1) is 17.0. The molecule has 2 fully saturated rings. The molecule has 184 valence electrons. The maximum absolute atomic E-state index is 13.3. The summed E-state index contributed by atoms with van der Waals surface area (Å²) in [5.74, 6) is 0.0433. The number of rotatable bonds is 7. The molecule has 5 rings (SSSR count). The van der Waals surface area contributed by atoms with Crippen LogP contribution in [-0.4, -0.2) is 53.7 Å². The Kier molecular flexibility index (Phi) is 6.52. The van der Waals surface area contributed by atoms with Crippen molar-refractivity contribution in [3.05, 3.63) is 64.7 Å². The summed E-state index contributed by atoms with van der Waals surface area (Å²) in [5, 5.41) is 11.4. The molecule has 2 aromatic carbocycles. The van der Waals surface area contributed by atoms with Gasteiger partial charge in [0.1, 0.15) is 23.4 Å². The predicted octanol–water partition coefficient (Wildman–Crippen LogP) is 4.40. The number of ether oxygens (including phenoxy) is 3. The largest absolute Gasteiger partial charge is 0.507 e. The highest BCUT2D eigenvalue weighted by molar-refractivity contribution is 6.46. The fourth-order valence-corrected chi connectivity index (χ4v) is 5.11. The molecule has 2 aromatic rings. The Morgan fingerprint density at radius 3 is 2.69 bits per heavy atom. The Morgan fingerprint density at radius 2 is 1.97 bits per heavy atom. The fraction of sp³-hybridized carbons (Fsp3) is 0.429. The average Bonchev–Trinajstić information content (AvgIpc) is 3.57. The summed E-state index contributed by atoms with van der Waals surface area (Å²) in [6, 6.07) is 12.1. The molecule has 0 unspecified atom stereocenters. The van der Waals surface area contributed by atoms with Crippen LogP contribution in [0.1, 0.15) is 55.8 Å². The van der Waals surface area contributed by atoms with Crippen molar-refractivity contribution in [2.24, 2.45) is 0 Å². The van der Waals surface area contributed by atoms with E-state index in [1.165, 1.54) is 0 Å². The molecule has 3 heterocycles. The Balaban J connectivity index is 1.55. The zero-order chi connectivity index (χ0) is 24.5. The highest BCUT2D eigenvalue weighted by Gasteiger charge is 2.47. The highest BCUT2D eigenvalue weighted by Crippen LogP contribution is 2.41. The van der Waals surface area contributed by atoms with Crippen molar-refractivity contribution in [2.45, 2.75) is 57.8 Å². The lowest BCUT2D eigenvalue weighted by molar-refractivity contribution is -0.140. The molecule has 2 saturated heterocycles. The minimum atomic E-state index is -0.706. The van der Waals surface area contributed by atoms with Gasteiger partial charge in [0.15, 0.2) is 0 Å². The van der Waals surface area contributed by atoms with Gasteiger partial charge in [-0.3, -0.25) is 9.59 Å². The van der Waals surface area contributed by atoms with Gasteiger partial charge in [-0.2, -0.15) is 0 Å². The van der Waals surface area contributed by atoms with Crippen molar-refractivity contribution >= 4 is 17.4 Å². The van der Waals surface area contributed by atoms with E-state index in [1.807, 2.05) is 50.2 Å². The molecule has 1 amide bonds. The smallest absolute Gasteiger partial charge is 0.295 e. The quantitative estimate of drug-likeness (QED) is 0.362. The normalized spacial score (nSPS) is 25.1. The van der Waals surface area contributed by atoms with Crippen LogP contribution in [0.25, 0.3) is 5.76 Å². The van der Waals surface area contributed by atoms with Crippen LogP contribution >= 0.6 is 0 Å². The van der Waals surface area contributed by atoms with E-state index in [4.69, 9.17) is 14.2 Å². The number of aliphatic hydroxyl groups excluding tert-OH is 1. The number of benzene rings is 2. The molecule has 0 aromatic heterocycles. The second-order valence-electron chi connectivity index (χ2n) is 9.46. The SMILES string of the molecule is CCCOc1ccc([C@H]2C(=C(O)c3ccc4c(c3)C[C@H](C)O4)C(=O)C(=O)N2C[C@@H]2CCCO2)cc1. The van der Waals surface area contributed by atoms with Gasteiger partial charge in [0.25, 0.3) is 11.7 Å². The number of carbonyl (C=O) groups excluding carboxylic acids is 2. The number of nitrogens with zero attached hydrogens (tertiary/aromatic N) is 1. The highest BCUT2D eigenvalue weighted by atomic mass is 16.5. The molecule has 0 aliphatic carbocycles.